The second kappa shape index (κ2) is 6.44. The van der Waals surface area contributed by atoms with Gasteiger partial charge in [0.15, 0.2) is 0 Å². The number of nitrogens with zero attached hydrogens (tertiary/aromatic N) is 2. The van der Waals surface area contributed by atoms with E-state index in [0.29, 0.717) is 32.6 Å². The van der Waals surface area contributed by atoms with Crippen molar-refractivity contribution in [3.8, 4) is 0 Å². The number of carbonyl (C=O) groups excluding carboxylic acids is 1. The van der Waals surface area contributed by atoms with Gasteiger partial charge in [-0.05, 0) is 13.3 Å². The van der Waals surface area contributed by atoms with E-state index in [-0.39, 0.29) is 25.0 Å². The van der Waals surface area contributed by atoms with Crippen molar-refractivity contribution in [3.05, 3.63) is 0 Å². The SMILES string of the molecule is CCN(CCCO)C(=O)N1CC(CC(=O)O)C1. The first-order valence-corrected chi connectivity index (χ1v) is 5.95. The van der Waals surface area contributed by atoms with Crippen molar-refractivity contribution in [2.24, 2.45) is 5.92 Å². The van der Waals surface area contributed by atoms with Gasteiger partial charge in [-0.25, -0.2) is 4.79 Å². The van der Waals surface area contributed by atoms with Crippen LogP contribution < -0.4 is 0 Å². The molecule has 2 amide bonds. The van der Waals surface area contributed by atoms with Gasteiger partial charge in [-0.3, -0.25) is 4.79 Å². The molecule has 0 aromatic heterocycles. The van der Waals surface area contributed by atoms with Crippen LogP contribution >= 0.6 is 0 Å². The van der Waals surface area contributed by atoms with E-state index in [1.54, 1.807) is 9.80 Å². The summed E-state index contributed by atoms with van der Waals surface area (Å²) >= 11 is 0. The second-order valence-electron chi connectivity index (χ2n) is 4.31. The van der Waals surface area contributed by atoms with Gasteiger partial charge in [-0.2, -0.15) is 0 Å². The van der Waals surface area contributed by atoms with Crippen molar-refractivity contribution in [2.75, 3.05) is 32.8 Å². The Morgan fingerprint density at radius 3 is 2.53 bits per heavy atom. The molecule has 0 aromatic rings. The lowest BCUT2D eigenvalue weighted by Gasteiger charge is -2.41. The average molecular weight is 244 g/mol. The van der Waals surface area contributed by atoms with E-state index >= 15 is 0 Å². The predicted molar refractivity (Wildman–Crippen MR) is 61.7 cm³/mol. The topological polar surface area (TPSA) is 81.1 Å². The fourth-order valence-corrected chi connectivity index (χ4v) is 1.95. The molecule has 1 heterocycles. The number of rotatable bonds is 6. The van der Waals surface area contributed by atoms with Crippen LogP contribution in [0.4, 0.5) is 4.79 Å². The molecule has 0 spiro atoms. The zero-order valence-electron chi connectivity index (χ0n) is 10.1. The summed E-state index contributed by atoms with van der Waals surface area (Å²) in [6.07, 6.45) is 0.707. The number of hydrogen-bond donors (Lipinski definition) is 2. The van der Waals surface area contributed by atoms with Gasteiger partial charge < -0.3 is 20.0 Å². The maximum atomic E-state index is 11.9. The number of hydrogen-bond acceptors (Lipinski definition) is 3. The van der Waals surface area contributed by atoms with Gasteiger partial charge in [0, 0.05) is 38.7 Å². The van der Waals surface area contributed by atoms with Crippen LogP contribution in [0.25, 0.3) is 0 Å². The van der Waals surface area contributed by atoms with E-state index in [9.17, 15) is 9.59 Å². The highest BCUT2D eigenvalue weighted by molar-refractivity contribution is 5.76. The van der Waals surface area contributed by atoms with E-state index < -0.39 is 5.97 Å². The van der Waals surface area contributed by atoms with Crippen LogP contribution in [0.15, 0.2) is 0 Å². The third-order valence-electron chi connectivity index (χ3n) is 2.93. The van der Waals surface area contributed by atoms with Gasteiger partial charge in [-0.15, -0.1) is 0 Å². The summed E-state index contributed by atoms with van der Waals surface area (Å²) in [4.78, 5) is 25.7. The maximum Gasteiger partial charge on any atom is 0.320 e. The molecular weight excluding hydrogens is 224 g/mol. The summed E-state index contributed by atoms with van der Waals surface area (Å²) in [6.45, 7) is 4.18. The summed E-state index contributed by atoms with van der Waals surface area (Å²) < 4.78 is 0. The van der Waals surface area contributed by atoms with Crippen LogP contribution in [-0.2, 0) is 4.79 Å². The summed E-state index contributed by atoms with van der Waals surface area (Å²) in [7, 11) is 0. The van der Waals surface area contributed by atoms with Gasteiger partial charge in [0.05, 0.1) is 6.42 Å². The minimum absolute atomic E-state index is 0.0532. The molecule has 1 rings (SSSR count). The number of amides is 2. The zero-order valence-corrected chi connectivity index (χ0v) is 10.1. The van der Waals surface area contributed by atoms with Crippen molar-refractivity contribution in [2.45, 2.75) is 19.8 Å². The third kappa shape index (κ3) is 3.89. The van der Waals surface area contributed by atoms with E-state index in [1.165, 1.54) is 0 Å². The molecule has 1 aliphatic rings. The molecule has 6 heteroatoms. The average Bonchev–Trinajstić information content (AvgIpc) is 2.23. The maximum absolute atomic E-state index is 11.9. The molecule has 0 saturated carbocycles. The zero-order chi connectivity index (χ0) is 12.8. The first-order valence-electron chi connectivity index (χ1n) is 5.95. The molecule has 0 radical (unpaired) electrons. The van der Waals surface area contributed by atoms with E-state index in [0.717, 1.165) is 0 Å². The molecule has 0 aliphatic carbocycles. The Hall–Kier alpha value is -1.30. The molecule has 0 atom stereocenters. The first-order chi connectivity index (χ1) is 8.08. The van der Waals surface area contributed by atoms with Crippen LogP contribution in [0.3, 0.4) is 0 Å². The summed E-state index contributed by atoms with van der Waals surface area (Å²) in [5.74, 6) is -0.720. The highest BCUT2D eigenvalue weighted by atomic mass is 16.4. The van der Waals surface area contributed by atoms with Crippen molar-refractivity contribution >= 4 is 12.0 Å². The number of aliphatic hydroxyl groups is 1. The van der Waals surface area contributed by atoms with Crippen LogP contribution in [0.1, 0.15) is 19.8 Å². The Morgan fingerprint density at radius 2 is 2.06 bits per heavy atom. The van der Waals surface area contributed by atoms with Gasteiger partial charge in [0.1, 0.15) is 0 Å². The number of carbonyl (C=O) groups is 2. The van der Waals surface area contributed by atoms with Crippen molar-refractivity contribution in [1.29, 1.82) is 0 Å². The highest BCUT2D eigenvalue weighted by Gasteiger charge is 2.33. The van der Waals surface area contributed by atoms with E-state index in [4.69, 9.17) is 10.2 Å². The van der Waals surface area contributed by atoms with E-state index in [2.05, 4.69) is 0 Å². The number of urea groups is 1. The number of likely N-dealkylation sites (tertiary alicyclic amines) is 1. The molecule has 6 nitrogen and oxygen atoms in total. The molecule has 0 unspecified atom stereocenters. The minimum atomic E-state index is -0.810. The molecular formula is C11H20N2O4. The van der Waals surface area contributed by atoms with Gasteiger partial charge >= 0.3 is 12.0 Å². The molecule has 0 aromatic carbocycles. The summed E-state index contributed by atoms with van der Waals surface area (Å²) in [6, 6.07) is -0.0532. The quantitative estimate of drug-likeness (QED) is 0.700. The van der Waals surface area contributed by atoms with E-state index in [1.807, 2.05) is 6.92 Å². The van der Waals surface area contributed by atoms with Crippen LogP contribution in [0.5, 0.6) is 0 Å². The normalized spacial score (nSPS) is 15.5. The van der Waals surface area contributed by atoms with Crippen LogP contribution in [0, 0.1) is 5.92 Å². The minimum Gasteiger partial charge on any atom is -0.481 e. The molecule has 98 valence electrons. The Morgan fingerprint density at radius 1 is 1.41 bits per heavy atom. The third-order valence-corrected chi connectivity index (χ3v) is 2.93. The Kier molecular flexibility index (Phi) is 5.21. The molecule has 1 saturated heterocycles. The fourth-order valence-electron chi connectivity index (χ4n) is 1.95. The fraction of sp³-hybridized carbons (Fsp3) is 0.818. The van der Waals surface area contributed by atoms with Gasteiger partial charge in [-0.1, -0.05) is 0 Å². The van der Waals surface area contributed by atoms with Crippen LogP contribution in [-0.4, -0.2) is 64.8 Å². The molecule has 1 fully saturated rings. The number of carboxylic acid groups (broad SMARTS) is 1. The van der Waals surface area contributed by atoms with Crippen molar-refractivity contribution in [3.63, 3.8) is 0 Å². The first kappa shape index (κ1) is 13.8. The molecule has 0 bridgehead atoms. The largest absolute Gasteiger partial charge is 0.481 e. The van der Waals surface area contributed by atoms with Crippen LogP contribution in [0.2, 0.25) is 0 Å². The van der Waals surface area contributed by atoms with Gasteiger partial charge in [0.25, 0.3) is 0 Å². The predicted octanol–water partition coefficient (Wildman–Crippen LogP) is 0.217. The molecule has 2 N–H and O–H groups in total. The lowest BCUT2D eigenvalue weighted by molar-refractivity contribution is -0.139. The number of aliphatic hydroxyl groups excluding tert-OH is 1. The molecule has 1 aliphatic heterocycles. The second-order valence-corrected chi connectivity index (χ2v) is 4.31. The summed E-state index contributed by atoms with van der Waals surface area (Å²) in [5, 5.41) is 17.3. The Bertz CT molecular complexity index is 277. The smallest absolute Gasteiger partial charge is 0.320 e. The standard InChI is InChI=1S/C11H20N2O4/c1-2-12(4-3-5-14)11(17)13-7-9(8-13)6-10(15)16/h9,14H,2-8H2,1H3,(H,15,16). The highest BCUT2D eigenvalue weighted by Crippen LogP contribution is 2.20. The Labute approximate surface area is 101 Å². The monoisotopic (exact) mass is 244 g/mol. The summed E-state index contributed by atoms with van der Waals surface area (Å²) in [5.41, 5.74) is 0. The van der Waals surface area contributed by atoms with Crippen molar-refractivity contribution < 1.29 is 19.8 Å². The Balaban J connectivity index is 2.31. The van der Waals surface area contributed by atoms with Crippen molar-refractivity contribution in [1.82, 2.24) is 9.80 Å². The number of carboxylic acids is 1. The lowest BCUT2D eigenvalue weighted by Crippen LogP contribution is -2.55. The molecule has 17 heavy (non-hydrogen) atoms. The lowest BCUT2D eigenvalue weighted by atomic mass is 9.97. The van der Waals surface area contributed by atoms with Gasteiger partial charge in [0.2, 0.25) is 0 Å². The number of aliphatic carboxylic acids is 1.